The smallest absolute Gasteiger partial charge is 0.272 e. The molecule has 0 unspecified atom stereocenters. The number of nitrogens with zero attached hydrogens (tertiary/aromatic N) is 1. The lowest BCUT2D eigenvalue weighted by molar-refractivity contribution is -0.119. The zero-order valence-electron chi connectivity index (χ0n) is 15.5. The van der Waals surface area contributed by atoms with E-state index >= 15 is 0 Å². The number of carbonyl (C=O) groups excluding carboxylic acids is 2. The highest BCUT2D eigenvalue weighted by molar-refractivity contribution is 8.04. The van der Waals surface area contributed by atoms with Gasteiger partial charge in [0.1, 0.15) is 5.75 Å². The highest BCUT2D eigenvalue weighted by Gasteiger charge is 2.41. The summed E-state index contributed by atoms with van der Waals surface area (Å²) in [6, 6.07) is 23.4. The summed E-state index contributed by atoms with van der Waals surface area (Å²) < 4.78 is 5.45. The van der Waals surface area contributed by atoms with Crippen molar-refractivity contribution in [2.45, 2.75) is 4.90 Å². The van der Waals surface area contributed by atoms with Gasteiger partial charge in [0.15, 0.2) is 0 Å². The zero-order chi connectivity index (χ0) is 20.4. The topological polar surface area (TPSA) is 46.6 Å². The van der Waals surface area contributed by atoms with Crippen LogP contribution in [0.15, 0.2) is 88.7 Å². The molecule has 0 saturated heterocycles. The number of amides is 2. The van der Waals surface area contributed by atoms with Crippen LogP contribution in [0.25, 0.3) is 5.57 Å². The van der Waals surface area contributed by atoms with E-state index in [-0.39, 0.29) is 5.91 Å². The summed E-state index contributed by atoms with van der Waals surface area (Å²) in [7, 11) is 1.54. The molecule has 0 radical (unpaired) electrons. The number of ether oxygens (including phenoxy) is 1. The SMILES string of the molecule is COc1ccccc1C1=C(Sc2ccccc2)C(=O)N(c2cccc(Cl)c2)C1=O. The normalized spacial score (nSPS) is 13.9. The summed E-state index contributed by atoms with van der Waals surface area (Å²) >= 11 is 7.36. The molecule has 0 aliphatic carbocycles. The molecule has 0 atom stereocenters. The largest absolute Gasteiger partial charge is 0.496 e. The van der Waals surface area contributed by atoms with Crippen LogP contribution in [-0.4, -0.2) is 18.9 Å². The molecule has 2 amide bonds. The minimum Gasteiger partial charge on any atom is -0.496 e. The van der Waals surface area contributed by atoms with Gasteiger partial charge >= 0.3 is 0 Å². The van der Waals surface area contributed by atoms with Crippen molar-refractivity contribution in [2.24, 2.45) is 0 Å². The molecule has 6 heteroatoms. The van der Waals surface area contributed by atoms with Gasteiger partial charge in [-0.15, -0.1) is 0 Å². The van der Waals surface area contributed by atoms with Crippen molar-refractivity contribution < 1.29 is 14.3 Å². The molecule has 3 aromatic rings. The number of carbonyl (C=O) groups is 2. The number of rotatable bonds is 5. The highest BCUT2D eigenvalue weighted by atomic mass is 35.5. The van der Waals surface area contributed by atoms with Gasteiger partial charge in [-0.25, -0.2) is 4.90 Å². The highest BCUT2D eigenvalue weighted by Crippen LogP contribution is 2.43. The van der Waals surface area contributed by atoms with E-state index in [4.69, 9.17) is 16.3 Å². The average molecular weight is 422 g/mol. The van der Waals surface area contributed by atoms with Crippen molar-refractivity contribution in [1.29, 1.82) is 0 Å². The number of halogens is 1. The van der Waals surface area contributed by atoms with Crippen LogP contribution in [0.2, 0.25) is 5.02 Å². The first-order valence-electron chi connectivity index (χ1n) is 8.85. The van der Waals surface area contributed by atoms with Crippen molar-refractivity contribution in [3.63, 3.8) is 0 Å². The number of hydrogen-bond donors (Lipinski definition) is 0. The Kier molecular flexibility index (Phi) is 5.43. The third-order valence-electron chi connectivity index (χ3n) is 4.45. The number of methoxy groups -OCH3 is 1. The van der Waals surface area contributed by atoms with Gasteiger partial charge in [-0.1, -0.05) is 65.8 Å². The van der Waals surface area contributed by atoms with Crippen LogP contribution < -0.4 is 9.64 Å². The van der Waals surface area contributed by atoms with Crippen molar-refractivity contribution in [3.05, 3.63) is 94.4 Å². The Morgan fingerprint density at radius 2 is 1.59 bits per heavy atom. The van der Waals surface area contributed by atoms with Crippen molar-refractivity contribution in [3.8, 4) is 5.75 Å². The summed E-state index contributed by atoms with van der Waals surface area (Å²) in [4.78, 5) is 29.2. The van der Waals surface area contributed by atoms with Crippen LogP contribution in [-0.2, 0) is 9.59 Å². The van der Waals surface area contributed by atoms with Crippen LogP contribution in [0.3, 0.4) is 0 Å². The predicted octanol–water partition coefficient (Wildman–Crippen LogP) is 5.43. The second-order valence-electron chi connectivity index (χ2n) is 6.25. The molecule has 4 rings (SSSR count). The van der Waals surface area contributed by atoms with Crippen LogP contribution in [0.4, 0.5) is 5.69 Å². The Labute approximate surface area is 177 Å². The molecule has 0 aromatic heterocycles. The Morgan fingerprint density at radius 1 is 0.862 bits per heavy atom. The fourth-order valence-corrected chi connectivity index (χ4v) is 4.34. The summed E-state index contributed by atoms with van der Waals surface area (Å²) in [5.41, 5.74) is 1.33. The minimum atomic E-state index is -0.403. The number of thioether (sulfide) groups is 1. The molecule has 0 fully saturated rings. The van der Waals surface area contributed by atoms with Crippen molar-refractivity contribution in [1.82, 2.24) is 0 Å². The number of imide groups is 1. The predicted molar refractivity (Wildman–Crippen MR) is 116 cm³/mol. The third-order valence-corrected chi connectivity index (χ3v) is 5.77. The monoisotopic (exact) mass is 421 g/mol. The average Bonchev–Trinajstić information content (AvgIpc) is 2.98. The van der Waals surface area contributed by atoms with Gasteiger partial charge in [0, 0.05) is 15.5 Å². The van der Waals surface area contributed by atoms with Crippen LogP contribution in [0, 0.1) is 0 Å². The van der Waals surface area contributed by atoms with E-state index in [1.807, 2.05) is 42.5 Å². The first kappa shape index (κ1) is 19.3. The lowest BCUT2D eigenvalue weighted by atomic mass is 10.0. The third kappa shape index (κ3) is 3.67. The second kappa shape index (κ2) is 8.15. The fourth-order valence-electron chi connectivity index (χ4n) is 3.15. The van der Waals surface area contributed by atoms with Crippen LogP contribution in [0.5, 0.6) is 5.75 Å². The number of anilines is 1. The molecule has 0 bridgehead atoms. The van der Waals surface area contributed by atoms with E-state index < -0.39 is 5.91 Å². The molecule has 1 heterocycles. The summed E-state index contributed by atoms with van der Waals surface area (Å²) in [6.45, 7) is 0. The van der Waals surface area contributed by atoms with E-state index in [1.54, 1.807) is 43.5 Å². The van der Waals surface area contributed by atoms with E-state index in [1.165, 1.54) is 16.7 Å². The molecule has 3 aromatic carbocycles. The van der Waals surface area contributed by atoms with Gasteiger partial charge in [-0.05, 0) is 36.4 Å². The maximum atomic E-state index is 13.4. The second-order valence-corrected chi connectivity index (χ2v) is 7.77. The van der Waals surface area contributed by atoms with Crippen molar-refractivity contribution >= 4 is 46.4 Å². The molecule has 0 spiro atoms. The Bertz CT molecular complexity index is 1130. The molecular formula is C23H16ClNO3S. The van der Waals surface area contributed by atoms with Gasteiger partial charge in [0.25, 0.3) is 11.8 Å². The van der Waals surface area contributed by atoms with Gasteiger partial charge in [-0.3, -0.25) is 9.59 Å². The molecule has 1 aliphatic heterocycles. The molecule has 0 saturated carbocycles. The minimum absolute atomic E-state index is 0.321. The molecule has 144 valence electrons. The number of hydrogen-bond acceptors (Lipinski definition) is 4. The summed E-state index contributed by atoms with van der Waals surface area (Å²) in [5.74, 6) is -0.255. The lowest BCUT2D eigenvalue weighted by Crippen LogP contribution is -2.31. The summed E-state index contributed by atoms with van der Waals surface area (Å²) in [5, 5.41) is 0.450. The Morgan fingerprint density at radius 3 is 2.31 bits per heavy atom. The Hall–Kier alpha value is -3.02. The lowest BCUT2D eigenvalue weighted by Gasteiger charge is -2.15. The first-order valence-corrected chi connectivity index (χ1v) is 10.0. The van der Waals surface area contributed by atoms with Gasteiger partial charge in [0.05, 0.1) is 23.3 Å². The first-order chi connectivity index (χ1) is 14.1. The van der Waals surface area contributed by atoms with E-state index in [0.29, 0.717) is 32.5 Å². The molecule has 29 heavy (non-hydrogen) atoms. The number of para-hydroxylation sites is 1. The summed E-state index contributed by atoms with van der Waals surface area (Å²) in [6.07, 6.45) is 0. The Balaban J connectivity index is 1.87. The van der Waals surface area contributed by atoms with Crippen LogP contribution >= 0.6 is 23.4 Å². The van der Waals surface area contributed by atoms with Crippen LogP contribution in [0.1, 0.15) is 5.56 Å². The maximum absolute atomic E-state index is 13.4. The molecule has 4 nitrogen and oxygen atoms in total. The zero-order valence-corrected chi connectivity index (χ0v) is 17.0. The molecular weight excluding hydrogens is 406 g/mol. The standard InChI is InChI=1S/C23H16ClNO3S/c1-28-19-13-6-5-12-18(19)20-21(29-17-10-3-2-4-11-17)23(27)25(22(20)26)16-9-7-8-15(24)14-16/h2-14H,1H3. The number of benzene rings is 3. The van der Waals surface area contributed by atoms with Crippen molar-refractivity contribution in [2.75, 3.05) is 12.0 Å². The van der Waals surface area contributed by atoms with E-state index in [0.717, 1.165) is 4.90 Å². The van der Waals surface area contributed by atoms with Gasteiger partial charge < -0.3 is 4.74 Å². The molecule has 1 aliphatic rings. The van der Waals surface area contributed by atoms with Gasteiger partial charge in [-0.2, -0.15) is 0 Å². The molecule has 0 N–H and O–H groups in total. The van der Waals surface area contributed by atoms with E-state index in [9.17, 15) is 9.59 Å². The van der Waals surface area contributed by atoms with E-state index in [2.05, 4.69) is 0 Å². The van der Waals surface area contributed by atoms with Gasteiger partial charge in [0.2, 0.25) is 0 Å². The fraction of sp³-hybridized carbons (Fsp3) is 0.0435. The maximum Gasteiger partial charge on any atom is 0.272 e. The quantitative estimate of drug-likeness (QED) is 0.515.